The Morgan fingerprint density at radius 2 is 2.11 bits per heavy atom. The molecule has 1 aliphatic rings. The van der Waals surface area contributed by atoms with Crippen molar-refractivity contribution in [3.05, 3.63) is 29.3 Å². The Balaban J connectivity index is 2.34. The highest BCUT2D eigenvalue weighted by atomic mass is 15.2. The lowest BCUT2D eigenvalue weighted by molar-refractivity contribution is 0.196. The molecule has 0 aromatic heterocycles. The highest BCUT2D eigenvalue weighted by Gasteiger charge is 2.31. The zero-order valence-electron chi connectivity index (χ0n) is 12.0. The number of fused-ring (bicyclic) bond motifs is 1. The number of nitrogens with zero attached hydrogens (tertiary/aromatic N) is 2. The van der Waals surface area contributed by atoms with Gasteiger partial charge in [-0.2, -0.15) is 0 Å². The van der Waals surface area contributed by atoms with E-state index in [2.05, 4.69) is 55.9 Å². The molecule has 0 fully saturated rings. The Kier molecular flexibility index (Phi) is 3.93. The molecule has 2 rings (SSSR count). The quantitative estimate of drug-likeness (QED) is 0.885. The number of hydrogen-bond donors (Lipinski definition) is 1. The summed E-state index contributed by atoms with van der Waals surface area (Å²) >= 11 is 0. The molecule has 0 bridgehead atoms. The minimum absolute atomic E-state index is 0.391. The van der Waals surface area contributed by atoms with Gasteiger partial charge in [-0.15, -0.1) is 0 Å². The zero-order valence-corrected chi connectivity index (χ0v) is 12.0. The first kappa shape index (κ1) is 13.4. The van der Waals surface area contributed by atoms with E-state index in [0.717, 1.165) is 13.1 Å². The van der Waals surface area contributed by atoms with Crippen molar-refractivity contribution in [2.24, 2.45) is 11.7 Å². The van der Waals surface area contributed by atoms with Crippen molar-refractivity contribution in [3.8, 4) is 0 Å². The fourth-order valence-electron chi connectivity index (χ4n) is 2.94. The monoisotopic (exact) mass is 247 g/mol. The van der Waals surface area contributed by atoms with E-state index in [1.807, 2.05) is 0 Å². The van der Waals surface area contributed by atoms with Gasteiger partial charge in [-0.25, -0.2) is 0 Å². The highest BCUT2D eigenvalue weighted by Crippen LogP contribution is 2.38. The molecule has 1 atom stereocenters. The molecule has 2 N–H and O–H groups in total. The molecule has 1 unspecified atom stereocenters. The molecular formula is C15H25N3. The summed E-state index contributed by atoms with van der Waals surface area (Å²) in [6.07, 6.45) is 0. The summed E-state index contributed by atoms with van der Waals surface area (Å²) in [4.78, 5) is 4.72. The molecule has 1 heterocycles. The second-order valence-corrected chi connectivity index (χ2v) is 5.81. The van der Waals surface area contributed by atoms with Gasteiger partial charge in [0.1, 0.15) is 0 Å². The second kappa shape index (κ2) is 5.29. The first-order chi connectivity index (χ1) is 8.54. The maximum Gasteiger partial charge on any atom is 0.0478 e. The Hall–Kier alpha value is -1.06. The summed E-state index contributed by atoms with van der Waals surface area (Å²) in [7, 11) is 4.22. The Morgan fingerprint density at radius 1 is 1.39 bits per heavy atom. The van der Waals surface area contributed by atoms with Crippen LogP contribution in [0.3, 0.4) is 0 Å². The lowest BCUT2D eigenvalue weighted by Gasteiger charge is -2.25. The topological polar surface area (TPSA) is 32.5 Å². The molecule has 0 amide bonds. The fraction of sp³-hybridized carbons (Fsp3) is 0.600. The van der Waals surface area contributed by atoms with Crippen LogP contribution in [-0.4, -0.2) is 32.1 Å². The van der Waals surface area contributed by atoms with Crippen LogP contribution in [0.1, 0.15) is 31.0 Å². The minimum Gasteiger partial charge on any atom is -0.377 e. The van der Waals surface area contributed by atoms with Crippen molar-refractivity contribution in [3.63, 3.8) is 0 Å². The van der Waals surface area contributed by atoms with Crippen LogP contribution in [0, 0.1) is 5.92 Å². The van der Waals surface area contributed by atoms with Gasteiger partial charge in [-0.3, -0.25) is 4.90 Å². The van der Waals surface area contributed by atoms with E-state index < -0.39 is 0 Å². The molecule has 3 heteroatoms. The van der Waals surface area contributed by atoms with Crippen LogP contribution in [0.15, 0.2) is 18.2 Å². The first-order valence-electron chi connectivity index (χ1n) is 6.77. The molecule has 1 aromatic rings. The molecule has 100 valence electrons. The van der Waals surface area contributed by atoms with Crippen LogP contribution in [0.5, 0.6) is 0 Å². The van der Waals surface area contributed by atoms with Gasteiger partial charge in [-0.1, -0.05) is 26.0 Å². The van der Waals surface area contributed by atoms with Gasteiger partial charge < -0.3 is 10.6 Å². The van der Waals surface area contributed by atoms with Crippen molar-refractivity contribution in [1.29, 1.82) is 0 Å². The minimum atomic E-state index is 0.391. The zero-order chi connectivity index (χ0) is 13.3. The van der Waals surface area contributed by atoms with Crippen LogP contribution in [0.4, 0.5) is 5.69 Å². The summed E-state index contributed by atoms with van der Waals surface area (Å²) in [5.41, 5.74) is 10.2. The van der Waals surface area contributed by atoms with E-state index in [0.29, 0.717) is 18.5 Å². The average molecular weight is 247 g/mol. The molecule has 0 spiro atoms. The molecule has 0 aliphatic carbocycles. The predicted molar refractivity (Wildman–Crippen MR) is 77.8 cm³/mol. The van der Waals surface area contributed by atoms with Crippen molar-refractivity contribution < 1.29 is 0 Å². The van der Waals surface area contributed by atoms with Crippen molar-refractivity contribution in [1.82, 2.24) is 4.90 Å². The van der Waals surface area contributed by atoms with Crippen LogP contribution in [0.2, 0.25) is 0 Å². The molecule has 1 aromatic carbocycles. The van der Waals surface area contributed by atoms with E-state index in [1.165, 1.54) is 16.8 Å². The maximum atomic E-state index is 5.99. The SMILES string of the molecule is CC(C)CN1Cc2c(cccc2N(C)C)C1CN. The number of hydrogen-bond acceptors (Lipinski definition) is 3. The van der Waals surface area contributed by atoms with Gasteiger partial charge in [0.25, 0.3) is 0 Å². The highest BCUT2D eigenvalue weighted by molar-refractivity contribution is 5.58. The third kappa shape index (κ3) is 2.38. The summed E-state index contributed by atoms with van der Waals surface area (Å²) < 4.78 is 0. The van der Waals surface area contributed by atoms with Gasteiger partial charge >= 0.3 is 0 Å². The van der Waals surface area contributed by atoms with Crippen LogP contribution in [0.25, 0.3) is 0 Å². The van der Waals surface area contributed by atoms with Gasteiger partial charge in [0.05, 0.1) is 0 Å². The smallest absolute Gasteiger partial charge is 0.0478 e. The number of benzene rings is 1. The van der Waals surface area contributed by atoms with E-state index in [1.54, 1.807) is 0 Å². The normalized spacial score (nSPS) is 19.3. The van der Waals surface area contributed by atoms with Crippen molar-refractivity contribution in [2.45, 2.75) is 26.4 Å². The Bertz CT molecular complexity index is 412. The Morgan fingerprint density at radius 3 is 2.67 bits per heavy atom. The summed E-state index contributed by atoms with van der Waals surface area (Å²) in [6.45, 7) is 7.39. The molecule has 18 heavy (non-hydrogen) atoms. The molecule has 1 aliphatic heterocycles. The fourth-order valence-corrected chi connectivity index (χ4v) is 2.94. The van der Waals surface area contributed by atoms with Crippen molar-refractivity contribution in [2.75, 3.05) is 32.1 Å². The summed E-state index contributed by atoms with van der Waals surface area (Å²) in [5.74, 6) is 0.677. The standard InChI is InChI=1S/C15H25N3/c1-11(2)9-18-10-13-12(15(18)8-16)6-5-7-14(13)17(3)4/h5-7,11,15H,8-10,16H2,1-4H3. The van der Waals surface area contributed by atoms with Crippen LogP contribution >= 0.6 is 0 Å². The number of rotatable bonds is 4. The van der Waals surface area contributed by atoms with Crippen LogP contribution < -0.4 is 10.6 Å². The van der Waals surface area contributed by atoms with E-state index in [9.17, 15) is 0 Å². The van der Waals surface area contributed by atoms with Crippen molar-refractivity contribution >= 4 is 5.69 Å². The number of nitrogens with two attached hydrogens (primary N) is 1. The largest absolute Gasteiger partial charge is 0.377 e. The first-order valence-corrected chi connectivity index (χ1v) is 6.77. The van der Waals surface area contributed by atoms with Gasteiger partial charge in [0, 0.05) is 45.5 Å². The van der Waals surface area contributed by atoms with Crippen LogP contribution in [-0.2, 0) is 6.54 Å². The molecule has 0 radical (unpaired) electrons. The Labute approximate surface area is 111 Å². The third-order valence-corrected chi connectivity index (χ3v) is 3.65. The van der Waals surface area contributed by atoms with Gasteiger partial charge in [-0.05, 0) is 23.1 Å². The number of anilines is 1. The second-order valence-electron chi connectivity index (χ2n) is 5.81. The van der Waals surface area contributed by atoms with Gasteiger partial charge in [0.2, 0.25) is 0 Å². The molecule has 3 nitrogen and oxygen atoms in total. The van der Waals surface area contributed by atoms with E-state index in [-0.39, 0.29) is 0 Å². The molecule has 0 saturated carbocycles. The van der Waals surface area contributed by atoms with E-state index >= 15 is 0 Å². The lowest BCUT2D eigenvalue weighted by atomic mass is 10.0. The van der Waals surface area contributed by atoms with Gasteiger partial charge in [0.15, 0.2) is 0 Å². The molecule has 0 saturated heterocycles. The molecular weight excluding hydrogens is 222 g/mol. The summed E-state index contributed by atoms with van der Waals surface area (Å²) in [6, 6.07) is 6.98. The predicted octanol–water partition coefficient (Wildman–Crippen LogP) is 2.22. The van der Waals surface area contributed by atoms with E-state index in [4.69, 9.17) is 5.73 Å². The third-order valence-electron chi connectivity index (χ3n) is 3.65. The average Bonchev–Trinajstić information content (AvgIpc) is 2.64. The maximum absolute atomic E-state index is 5.99. The summed E-state index contributed by atoms with van der Waals surface area (Å²) in [5, 5.41) is 0. The lowest BCUT2D eigenvalue weighted by Crippen LogP contribution is -2.30.